The Labute approximate surface area is 111 Å². The molecule has 1 rings (SSSR count). The van der Waals surface area contributed by atoms with Gasteiger partial charge >= 0.3 is 0 Å². The molecule has 8 heteroatoms. The van der Waals surface area contributed by atoms with Gasteiger partial charge < -0.3 is 5.32 Å². The molecule has 0 aromatic heterocycles. The quantitative estimate of drug-likeness (QED) is 0.669. The lowest BCUT2D eigenvalue weighted by molar-refractivity contribution is -0.384. The third kappa shape index (κ3) is 3.64. The van der Waals surface area contributed by atoms with Crippen LogP contribution in [-0.4, -0.2) is 27.2 Å². The van der Waals surface area contributed by atoms with Crippen molar-refractivity contribution in [1.29, 1.82) is 0 Å². The van der Waals surface area contributed by atoms with E-state index in [1.54, 1.807) is 13.2 Å². The Bertz CT molecular complexity index is 498. The second-order valence-corrected chi connectivity index (χ2v) is 5.94. The fraction of sp³-hybridized carbons (Fsp3) is 0.400. The van der Waals surface area contributed by atoms with Crippen LogP contribution in [0.2, 0.25) is 5.02 Å². The lowest BCUT2D eigenvalue weighted by atomic mass is 10.2. The van der Waals surface area contributed by atoms with Gasteiger partial charge in [-0.15, -0.1) is 0 Å². The van der Waals surface area contributed by atoms with Gasteiger partial charge in [0.15, 0.2) is 0 Å². The zero-order chi connectivity index (χ0) is 13.9. The minimum absolute atomic E-state index is 0.115. The third-order valence-corrected chi connectivity index (χ3v) is 3.97. The average molecular weight is 295 g/mol. The summed E-state index contributed by atoms with van der Waals surface area (Å²) in [7, 11) is -1.05. The Morgan fingerprint density at radius 1 is 1.61 bits per heavy atom. The van der Waals surface area contributed by atoms with Gasteiger partial charge in [0.1, 0.15) is 11.5 Å². The topological polar surface area (TPSA) is 72.2 Å². The van der Waals surface area contributed by atoms with Crippen molar-refractivity contribution in [2.45, 2.75) is 12.2 Å². The predicted molar refractivity (Wildman–Crippen MR) is 70.1 cm³/mol. The van der Waals surface area contributed by atoms with Crippen molar-refractivity contribution in [2.24, 2.45) is 0 Å². The van der Waals surface area contributed by atoms with Crippen molar-refractivity contribution in [2.75, 3.05) is 18.1 Å². The minimum atomic E-state index is -1.05. The molecule has 5 nitrogen and oxygen atoms in total. The number of rotatable bonds is 5. The van der Waals surface area contributed by atoms with Crippen LogP contribution in [0.25, 0.3) is 0 Å². The van der Waals surface area contributed by atoms with Crippen LogP contribution in [0.15, 0.2) is 12.1 Å². The number of hydrogen-bond donors (Lipinski definition) is 1. The van der Waals surface area contributed by atoms with Crippen molar-refractivity contribution in [3.63, 3.8) is 0 Å². The number of nitro benzene ring substituents is 1. The molecule has 1 aromatic carbocycles. The number of anilines is 1. The molecule has 100 valence electrons. The molecular formula is C10H12ClFN2O3S. The maximum Gasteiger partial charge on any atom is 0.295 e. The highest BCUT2D eigenvalue weighted by Gasteiger charge is 2.18. The summed E-state index contributed by atoms with van der Waals surface area (Å²) in [6.45, 7) is 2.01. The van der Waals surface area contributed by atoms with Gasteiger partial charge in [-0.2, -0.15) is 0 Å². The number of nitrogens with zero attached hydrogens (tertiary/aromatic N) is 1. The van der Waals surface area contributed by atoms with Crippen molar-refractivity contribution in [3.05, 3.63) is 33.1 Å². The van der Waals surface area contributed by atoms with Crippen LogP contribution >= 0.6 is 11.6 Å². The van der Waals surface area contributed by atoms with Gasteiger partial charge in [-0.25, -0.2) is 4.39 Å². The average Bonchev–Trinajstić information content (AvgIpc) is 2.29. The fourth-order valence-electron chi connectivity index (χ4n) is 1.20. The van der Waals surface area contributed by atoms with Gasteiger partial charge in [0.2, 0.25) is 0 Å². The van der Waals surface area contributed by atoms with Gasteiger partial charge in [-0.05, 0) is 13.0 Å². The van der Waals surface area contributed by atoms with E-state index in [9.17, 15) is 18.7 Å². The van der Waals surface area contributed by atoms with Crippen LogP contribution < -0.4 is 5.32 Å². The summed E-state index contributed by atoms with van der Waals surface area (Å²) < 4.78 is 24.3. The number of halogens is 2. The van der Waals surface area contributed by atoms with E-state index in [0.29, 0.717) is 0 Å². The molecule has 0 heterocycles. The first-order chi connectivity index (χ1) is 8.32. The maximum atomic E-state index is 13.1. The third-order valence-electron chi connectivity index (χ3n) is 2.38. The van der Waals surface area contributed by atoms with Crippen LogP contribution in [0, 0.1) is 15.9 Å². The molecule has 0 saturated heterocycles. The highest BCUT2D eigenvalue weighted by molar-refractivity contribution is 7.84. The number of nitrogens with one attached hydrogen (secondary N) is 1. The summed E-state index contributed by atoms with van der Waals surface area (Å²) in [5.74, 6) is -0.846. The highest BCUT2D eigenvalue weighted by atomic mass is 35.5. The van der Waals surface area contributed by atoms with E-state index < -0.39 is 27.2 Å². The van der Waals surface area contributed by atoms with Crippen molar-refractivity contribution < 1.29 is 13.5 Å². The maximum absolute atomic E-state index is 13.1. The van der Waals surface area contributed by atoms with Crippen LogP contribution in [0.5, 0.6) is 0 Å². The van der Waals surface area contributed by atoms with Crippen LogP contribution in [0.1, 0.15) is 6.92 Å². The molecular weight excluding hydrogens is 283 g/mol. The molecule has 0 spiro atoms. The molecule has 0 aliphatic rings. The summed E-state index contributed by atoms with van der Waals surface area (Å²) in [5, 5.41) is 13.1. The second-order valence-electron chi connectivity index (χ2n) is 3.73. The molecule has 18 heavy (non-hydrogen) atoms. The molecule has 2 atom stereocenters. The fourth-order valence-corrected chi connectivity index (χ4v) is 1.68. The lowest BCUT2D eigenvalue weighted by Crippen LogP contribution is -2.21. The summed E-state index contributed by atoms with van der Waals surface area (Å²) in [6, 6.07) is 1.92. The normalized spacial score (nSPS) is 14.0. The van der Waals surface area contributed by atoms with Crippen LogP contribution in [-0.2, 0) is 10.8 Å². The lowest BCUT2D eigenvalue weighted by Gasteiger charge is -2.11. The summed E-state index contributed by atoms with van der Waals surface area (Å²) in [4.78, 5) is 10.1. The Morgan fingerprint density at radius 3 is 2.72 bits per heavy atom. The Hall–Kier alpha value is -1.21. The molecule has 0 amide bonds. The van der Waals surface area contributed by atoms with E-state index in [0.717, 1.165) is 12.1 Å². The molecule has 0 saturated carbocycles. The molecule has 0 fully saturated rings. The van der Waals surface area contributed by atoms with Gasteiger partial charge in [-0.1, -0.05) is 11.6 Å². The van der Waals surface area contributed by atoms with Crippen LogP contribution in [0.3, 0.4) is 0 Å². The smallest absolute Gasteiger partial charge is 0.295 e. The van der Waals surface area contributed by atoms with Gasteiger partial charge in [0.25, 0.3) is 5.69 Å². The van der Waals surface area contributed by atoms with Gasteiger partial charge in [0, 0.05) is 28.9 Å². The van der Waals surface area contributed by atoms with Crippen LogP contribution in [0.4, 0.5) is 15.8 Å². The van der Waals surface area contributed by atoms with E-state index >= 15 is 0 Å². The van der Waals surface area contributed by atoms with E-state index in [-0.39, 0.29) is 22.5 Å². The molecule has 0 radical (unpaired) electrons. The first-order valence-electron chi connectivity index (χ1n) is 5.02. The SMILES string of the molecule is CC(CNc1cc(Cl)c(F)cc1[N+](=O)[O-])S(C)=O. The summed E-state index contributed by atoms with van der Waals surface area (Å²) in [6.07, 6.45) is 1.54. The van der Waals surface area contributed by atoms with Gasteiger partial charge in [-0.3, -0.25) is 14.3 Å². The highest BCUT2D eigenvalue weighted by Crippen LogP contribution is 2.30. The first kappa shape index (κ1) is 14.8. The number of benzene rings is 1. The molecule has 1 N–H and O–H groups in total. The monoisotopic (exact) mass is 294 g/mol. The van der Waals surface area contributed by atoms with E-state index in [1.807, 2.05) is 0 Å². The van der Waals surface area contributed by atoms with E-state index in [1.165, 1.54) is 0 Å². The van der Waals surface area contributed by atoms with E-state index in [2.05, 4.69) is 5.32 Å². The van der Waals surface area contributed by atoms with Crippen molar-refractivity contribution >= 4 is 33.8 Å². The molecule has 2 unspecified atom stereocenters. The number of hydrogen-bond acceptors (Lipinski definition) is 4. The first-order valence-corrected chi connectivity index (χ1v) is 7.02. The van der Waals surface area contributed by atoms with Crippen molar-refractivity contribution in [1.82, 2.24) is 0 Å². The largest absolute Gasteiger partial charge is 0.378 e. The molecule has 1 aromatic rings. The molecule has 0 aliphatic carbocycles. The summed E-state index contributed by atoms with van der Waals surface area (Å²) in [5.41, 5.74) is -0.283. The second kappa shape index (κ2) is 6.10. The molecule has 0 bridgehead atoms. The van der Waals surface area contributed by atoms with Gasteiger partial charge in [0.05, 0.1) is 16.0 Å². The summed E-state index contributed by atoms with van der Waals surface area (Å²) >= 11 is 5.57. The standard InChI is InChI=1S/C10H12ClFN2O3S/c1-6(18(2)17)5-13-9-3-7(11)8(12)4-10(9)14(15)16/h3-4,6,13H,5H2,1-2H3. The zero-order valence-corrected chi connectivity index (χ0v) is 11.3. The van der Waals surface area contributed by atoms with E-state index in [4.69, 9.17) is 11.6 Å². The van der Waals surface area contributed by atoms with Crippen molar-refractivity contribution in [3.8, 4) is 0 Å². The Balaban J connectivity index is 2.97. The predicted octanol–water partition coefficient (Wildman–Crippen LogP) is 2.57. The Kier molecular flexibility index (Phi) is 5.03. The Morgan fingerprint density at radius 2 is 2.22 bits per heavy atom. The number of nitro groups is 1. The zero-order valence-electron chi connectivity index (χ0n) is 9.78. The minimum Gasteiger partial charge on any atom is -0.378 e. The molecule has 0 aliphatic heterocycles.